The van der Waals surface area contributed by atoms with Gasteiger partial charge in [-0.2, -0.15) is 0 Å². The minimum atomic E-state index is -4.23. The van der Waals surface area contributed by atoms with Crippen LogP contribution in [-0.2, 0) is 29.4 Å². The Kier molecular flexibility index (Phi) is 6.41. The van der Waals surface area contributed by atoms with Gasteiger partial charge in [-0.1, -0.05) is 12.1 Å². The van der Waals surface area contributed by atoms with Gasteiger partial charge in [0.25, 0.3) is 0 Å². The number of nitrogens with zero attached hydrogens (tertiary/aromatic N) is 1. The number of carbonyl (C=O) groups excluding carboxylic acids is 1. The first-order valence-corrected chi connectivity index (χ1v) is 13.9. The minimum absolute atomic E-state index is 0.00821. The first kappa shape index (κ1) is 28.0. The van der Waals surface area contributed by atoms with Crippen molar-refractivity contribution in [3.63, 3.8) is 0 Å². The molecular weight excluding hydrogens is 505 g/mol. The third kappa shape index (κ3) is 4.28. The van der Waals surface area contributed by atoms with Crippen LogP contribution in [0.3, 0.4) is 0 Å². The molecule has 1 aromatic carbocycles. The zero-order valence-electron chi connectivity index (χ0n) is 22.6. The molecule has 2 saturated heterocycles. The molecule has 3 atom stereocenters. The number of benzene rings is 1. The summed E-state index contributed by atoms with van der Waals surface area (Å²) in [5.74, 6) is -1.06. The van der Waals surface area contributed by atoms with E-state index in [0.717, 1.165) is 0 Å². The van der Waals surface area contributed by atoms with Crippen LogP contribution in [0.5, 0.6) is 0 Å². The van der Waals surface area contributed by atoms with E-state index in [1.165, 1.54) is 25.1 Å². The fraction of sp³-hybridized carbons (Fsp3) is 0.680. The average Bonchev–Trinajstić information content (AvgIpc) is 3.07. The number of fused-ring (bicyclic) bond motifs is 2. The molecule has 0 saturated carbocycles. The van der Waals surface area contributed by atoms with Gasteiger partial charge >= 0.3 is 13.2 Å². The van der Waals surface area contributed by atoms with Gasteiger partial charge in [-0.05, 0) is 79.8 Å². The molecule has 0 spiro atoms. The first-order chi connectivity index (χ1) is 16.8. The van der Waals surface area contributed by atoms with E-state index in [0.29, 0.717) is 5.46 Å². The molecule has 0 aliphatic carbocycles. The number of sulfone groups is 1. The molecule has 204 valence electrons. The van der Waals surface area contributed by atoms with Crippen molar-refractivity contribution in [1.29, 1.82) is 0 Å². The molecule has 3 aliphatic rings. The Morgan fingerprint density at radius 3 is 2.32 bits per heavy atom. The third-order valence-electron chi connectivity index (χ3n) is 8.03. The molecule has 0 radical (unpaired) electrons. The van der Waals surface area contributed by atoms with Crippen LogP contribution in [0.25, 0.3) is 0 Å². The maximum absolute atomic E-state index is 15.4. The first-order valence-electron chi connectivity index (χ1n) is 12.3. The van der Waals surface area contributed by atoms with Crippen LogP contribution < -0.4 is 10.8 Å². The summed E-state index contributed by atoms with van der Waals surface area (Å²) in [5.41, 5.74) is -3.33. The number of aliphatic imine (C=N–C) groups is 1. The largest absolute Gasteiger partial charge is 0.494 e. The number of amidine groups is 1. The number of ether oxygens (including phenoxy) is 1. The summed E-state index contributed by atoms with van der Waals surface area (Å²) in [7, 11) is -5.04. The van der Waals surface area contributed by atoms with Crippen molar-refractivity contribution in [1.82, 2.24) is 5.32 Å². The number of rotatable bonds is 3. The lowest BCUT2D eigenvalue weighted by Gasteiger charge is -2.41. The normalized spacial score (nSPS) is 31.7. The van der Waals surface area contributed by atoms with Crippen LogP contribution >= 0.6 is 0 Å². The van der Waals surface area contributed by atoms with E-state index in [-0.39, 0.29) is 24.2 Å². The predicted molar refractivity (Wildman–Crippen MR) is 137 cm³/mol. The number of alkyl halides is 1. The molecular formula is C25H35BF2N2O6S. The van der Waals surface area contributed by atoms with Gasteiger partial charge in [0, 0.05) is 5.56 Å². The Bertz CT molecular complexity index is 1250. The lowest BCUT2D eigenvalue weighted by molar-refractivity contribution is 0.00578. The Morgan fingerprint density at radius 1 is 1.19 bits per heavy atom. The van der Waals surface area contributed by atoms with Gasteiger partial charge in [0.2, 0.25) is 0 Å². The second kappa shape index (κ2) is 8.48. The summed E-state index contributed by atoms with van der Waals surface area (Å²) in [6.45, 7) is 12.7. The van der Waals surface area contributed by atoms with E-state index in [9.17, 15) is 17.6 Å². The molecule has 4 rings (SSSR count). The lowest BCUT2D eigenvalue weighted by Crippen LogP contribution is -2.61. The molecule has 12 heteroatoms. The summed E-state index contributed by atoms with van der Waals surface area (Å²) >= 11 is 0. The summed E-state index contributed by atoms with van der Waals surface area (Å²) in [6.07, 6.45) is -1.01. The molecule has 2 fully saturated rings. The molecule has 1 amide bonds. The van der Waals surface area contributed by atoms with Crippen LogP contribution in [0, 0.1) is 5.82 Å². The van der Waals surface area contributed by atoms with E-state index in [4.69, 9.17) is 14.0 Å². The summed E-state index contributed by atoms with van der Waals surface area (Å²) in [4.78, 5) is 17.2. The van der Waals surface area contributed by atoms with Crippen LogP contribution in [0.2, 0.25) is 0 Å². The monoisotopic (exact) mass is 540 g/mol. The molecule has 3 aliphatic heterocycles. The standard InChI is InChI=1S/C25H35BF2N2O6S/c1-21(2,3)34-20(31)29-19-25(14-27)12-11-18(37(25,32)33)24(8,30-19)16-13-15(9-10-17(16)28)26-35-22(4,5)23(6,7)36-26/h9-10,13,18H,11-12,14H2,1-8H3,(H,29,30,31)/t18-,24+,25-/m0/s1. The number of amides is 1. The SMILES string of the molecule is CC(C)(C)OC(=O)NC1=N[C@](C)(c2cc(B3OC(C)(C)C(C)(C)O3)ccc2F)[C@@H]2CC[C@@]1(CF)S2(=O)=O. The van der Waals surface area contributed by atoms with Gasteiger partial charge in [-0.25, -0.2) is 22.0 Å². The second-order valence-electron chi connectivity index (χ2n) is 12.3. The lowest BCUT2D eigenvalue weighted by atomic mass is 9.75. The van der Waals surface area contributed by atoms with E-state index >= 15 is 4.39 Å². The van der Waals surface area contributed by atoms with Gasteiger partial charge in [0.1, 0.15) is 29.5 Å². The van der Waals surface area contributed by atoms with Crippen molar-refractivity contribution >= 4 is 34.3 Å². The molecule has 3 heterocycles. The fourth-order valence-electron chi connectivity index (χ4n) is 5.21. The second-order valence-corrected chi connectivity index (χ2v) is 14.7. The molecule has 8 nitrogen and oxygen atoms in total. The van der Waals surface area contributed by atoms with Gasteiger partial charge in [-0.15, -0.1) is 0 Å². The van der Waals surface area contributed by atoms with Gasteiger partial charge < -0.3 is 14.0 Å². The van der Waals surface area contributed by atoms with E-state index in [2.05, 4.69) is 10.3 Å². The Morgan fingerprint density at radius 2 is 1.78 bits per heavy atom. The van der Waals surface area contributed by atoms with E-state index in [1.807, 2.05) is 27.7 Å². The van der Waals surface area contributed by atoms with Crippen LogP contribution in [0.15, 0.2) is 23.2 Å². The average molecular weight is 540 g/mol. The Labute approximate surface area is 217 Å². The maximum atomic E-state index is 15.4. The number of hydrogen-bond donors (Lipinski definition) is 1. The van der Waals surface area contributed by atoms with Gasteiger partial charge in [0.05, 0.1) is 16.5 Å². The smallest absolute Gasteiger partial charge is 0.444 e. The fourth-order valence-corrected chi connectivity index (χ4v) is 7.89. The highest BCUT2D eigenvalue weighted by Gasteiger charge is 2.66. The summed E-state index contributed by atoms with van der Waals surface area (Å²) in [6, 6.07) is 4.23. The van der Waals surface area contributed by atoms with Crippen molar-refractivity contribution < 1.29 is 36.0 Å². The number of alkyl carbamates (subject to hydrolysis) is 1. The van der Waals surface area contributed by atoms with Crippen LogP contribution in [-0.4, -0.2) is 60.9 Å². The number of hydrogen-bond acceptors (Lipinski definition) is 7. The highest BCUT2D eigenvalue weighted by atomic mass is 32.2. The Hall–Kier alpha value is -2.05. The summed E-state index contributed by atoms with van der Waals surface area (Å²) in [5, 5.41) is 1.19. The van der Waals surface area contributed by atoms with Crippen LogP contribution in [0.1, 0.15) is 73.8 Å². The number of carbonyl (C=O) groups is 1. The molecule has 2 bridgehead atoms. The minimum Gasteiger partial charge on any atom is -0.444 e. The van der Waals surface area contributed by atoms with Crippen molar-refractivity contribution in [2.75, 3.05) is 6.67 Å². The highest BCUT2D eigenvalue weighted by molar-refractivity contribution is 7.94. The molecule has 1 N–H and O–H groups in total. The van der Waals surface area contributed by atoms with Crippen molar-refractivity contribution in [3.05, 3.63) is 29.6 Å². The predicted octanol–water partition coefficient (Wildman–Crippen LogP) is 3.56. The summed E-state index contributed by atoms with van der Waals surface area (Å²) < 4.78 is 72.8. The van der Waals surface area contributed by atoms with Crippen molar-refractivity contribution in [2.24, 2.45) is 4.99 Å². The quantitative estimate of drug-likeness (QED) is 0.589. The van der Waals surface area contributed by atoms with E-state index in [1.54, 1.807) is 20.8 Å². The van der Waals surface area contributed by atoms with E-state index < -0.39 is 67.9 Å². The zero-order chi connectivity index (χ0) is 27.8. The van der Waals surface area contributed by atoms with Gasteiger partial charge in [-0.3, -0.25) is 10.3 Å². The maximum Gasteiger partial charge on any atom is 0.494 e. The number of halogens is 2. The molecule has 37 heavy (non-hydrogen) atoms. The van der Waals surface area contributed by atoms with Crippen molar-refractivity contribution in [3.8, 4) is 0 Å². The highest BCUT2D eigenvalue weighted by Crippen LogP contribution is 2.52. The Balaban J connectivity index is 1.83. The van der Waals surface area contributed by atoms with Gasteiger partial charge in [0.15, 0.2) is 14.6 Å². The molecule has 0 aromatic heterocycles. The topological polar surface area (TPSA) is 103 Å². The molecule has 0 unspecified atom stereocenters. The van der Waals surface area contributed by atoms with Crippen molar-refractivity contribution in [2.45, 2.75) is 101 Å². The third-order valence-corrected chi connectivity index (χ3v) is 11.1. The zero-order valence-corrected chi connectivity index (χ0v) is 23.4. The van der Waals surface area contributed by atoms with Crippen LogP contribution in [0.4, 0.5) is 13.6 Å². The number of nitrogens with one attached hydrogen (secondary N) is 1. The molecule has 1 aromatic rings.